The number of sulfonamides is 1. The number of halogens is 2. The molecule has 1 saturated carbocycles. The van der Waals surface area contributed by atoms with Gasteiger partial charge in [-0.1, -0.05) is 6.07 Å². The molecule has 0 bridgehead atoms. The van der Waals surface area contributed by atoms with Crippen molar-refractivity contribution in [1.29, 1.82) is 0 Å². The van der Waals surface area contributed by atoms with Gasteiger partial charge in [-0.3, -0.25) is 0 Å². The van der Waals surface area contributed by atoms with Gasteiger partial charge in [0.2, 0.25) is 10.0 Å². The molecule has 0 unspecified atom stereocenters. The summed E-state index contributed by atoms with van der Waals surface area (Å²) in [6.07, 6.45) is 2.23. The highest BCUT2D eigenvalue weighted by molar-refractivity contribution is 7.89. The van der Waals surface area contributed by atoms with E-state index in [9.17, 15) is 22.3 Å². The second-order valence-corrected chi connectivity index (χ2v) is 9.21. The van der Waals surface area contributed by atoms with Crippen LogP contribution in [0, 0.1) is 18.6 Å². The number of aliphatic hydroxyl groups is 1. The molecule has 1 aliphatic rings. The summed E-state index contributed by atoms with van der Waals surface area (Å²) >= 11 is 0. The standard InChI is InChI=1S/C20H23F2NO3S/c1-13-11-16(4-6-17(13)18-5-3-14(21)12-19(18)22)27(25,26)23-15-7-9-20(2,24)10-8-15/h3-6,11-12,15,23-24H,7-10H2,1-2H3/t15-,20+. The van der Waals surface area contributed by atoms with Crippen LogP contribution in [0.2, 0.25) is 0 Å². The summed E-state index contributed by atoms with van der Waals surface area (Å²) in [4.78, 5) is 0.101. The number of benzene rings is 2. The smallest absolute Gasteiger partial charge is 0.240 e. The molecule has 0 heterocycles. The Labute approximate surface area is 158 Å². The van der Waals surface area contributed by atoms with E-state index in [1.807, 2.05) is 0 Å². The number of aryl methyl sites for hydroxylation is 1. The molecule has 0 atom stereocenters. The lowest BCUT2D eigenvalue weighted by atomic mass is 9.84. The molecule has 2 aromatic rings. The minimum absolute atomic E-state index is 0.101. The maximum atomic E-state index is 14.0. The summed E-state index contributed by atoms with van der Waals surface area (Å²) in [7, 11) is -3.72. The molecule has 27 heavy (non-hydrogen) atoms. The average Bonchev–Trinajstić information content (AvgIpc) is 2.57. The molecule has 7 heteroatoms. The van der Waals surface area contributed by atoms with Crippen LogP contribution in [0.1, 0.15) is 38.2 Å². The Kier molecular flexibility index (Phi) is 5.38. The van der Waals surface area contributed by atoms with E-state index in [1.54, 1.807) is 13.8 Å². The van der Waals surface area contributed by atoms with Crippen molar-refractivity contribution in [2.75, 3.05) is 0 Å². The molecule has 0 saturated heterocycles. The van der Waals surface area contributed by atoms with E-state index in [4.69, 9.17) is 0 Å². The van der Waals surface area contributed by atoms with Gasteiger partial charge >= 0.3 is 0 Å². The average molecular weight is 395 g/mol. The van der Waals surface area contributed by atoms with Gasteiger partial charge in [0, 0.05) is 17.7 Å². The van der Waals surface area contributed by atoms with E-state index >= 15 is 0 Å². The molecule has 146 valence electrons. The fourth-order valence-electron chi connectivity index (χ4n) is 3.46. The molecule has 3 rings (SSSR count). The van der Waals surface area contributed by atoms with Gasteiger partial charge in [0.15, 0.2) is 0 Å². The van der Waals surface area contributed by atoms with Crippen LogP contribution in [0.5, 0.6) is 0 Å². The molecule has 0 aromatic heterocycles. The highest BCUT2D eigenvalue weighted by Gasteiger charge is 2.31. The first kappa shape index (κ1) is 19.9. The Morgan fingerprint density at radius 3 is 2.30 bits per heavy atom. The first-order valence-electron chi connectivity index (χ1n) is 8.88. The van der Waals surface area contributed by atoms with Crippen molar-refractivity contribution in [2.24, 2.45) is 0 Å². The molecule has 2 N–H and O–H groups in total. The Morgan fingerprint density at radius 2 is 1.70 bits per heavy atom. The lowest BCUT2D eigenvalue weighted by Gasteiger charge is -2.33. The van der Waals surface area contributed by atoms with Gasteiger partial charge in [0.05, 0.1) is 10.5 Å². The highest BCUT2D eigenvalue weighted by atomic mass is 32.2. The number of rotatable bonds is 4. The highest BCUT2D eigenvalue weighted by Crippen LogP contribution is 2.30. The quantitative estimate of drug-likeness (QED) is 0.825. The van der Waals surface area contributed by atoms with Gasteiger partial charge in [-0.25, -0.2) is 21.9 Å². The molecular formula is C20H23F2NO3S. The van der Waals surface area contributed by atoms with Crippen molar-refractivity contribution in [3.63, 3.8) is 0 Å². The van der Waals surface area contributed by atoms with E-state index in [-0.39, 0.29) is 16.5 Å². The zero-order valence-corrected chi connectivity index (χ0v) is 16.1. The zero-order valence-electron chi connectivity index (χ0n) is 15.3. The summed E-state index contributed by atoms with van der Waals surface area (Å²) in [5.41, 5.74) is 0.579. The van der Waals surface area contributed by atoms with Crippen molar-refractivity contribution >= 4 is 10.0 Å². The molecule has 1 aliphatic carbocycles. The van der Waals surface area contributed by atoms with Gasteiger partial charge in [-0.2, -0.15) is 0 Å². The Morgan fingerprint density at radius 1 is 1.07 bits per heavy atom. The molecule has 4 nitrogen and oxygen atoms in total. The monoisotopic (exact) mass is 395 g/mol. The van der Waals surface area contributed by atoms with Crippen molar-refractivity contribution < 1.29 is 22.3 Å². The van der Waals surface area contributed by atoms with Gasteiger partial charge in [-0.15, -0.1) is 0 Å². The fourth-order valence-corrected chi connectivity index (χ4v) is 4.85. The molecule has 1 fully saturated rings. The molecule has 0 amide bonds. The molecule has 0 spiro atoms. The van der Waals surface area contributed by atoms with Gasteiger partial charge < -0.3 is 5.11 Å². The van der Waals surface area contributed by atoms with E-state index in [2.05, 4.69) is 4.72 Å². The third kappa shape index (κ3) is 4.54. The van der Waals surface area contributed by atoms with Crippen LogP contribution in [-0.4, -0.2) is 25.2 Å². The second kappa shape index (κ2) is 7.30. The first-order chi connectivity index (χ1) is 12.6. The van der Waals surface area contributed by atoms with Crippen molar-refractivity contribution in [3.8, 4) is 11.1 Å². The third-order valence-corrected chi connectivity index (χ3v) is 6.63. The number of hydrogen-bond donors (Lipinski definition) is 2. The van der Waals surface area contributed by atoms with Gasteiger partial charge in [-0.05, 0) is 74.9 Å². The van der Waals surface area contributed by atoms with Gasteiger partial charge in [0.25, 0.3) is 0 Å². The first-order valence-corrected chi connectivity index (χ1v) is 10.4. The van der Waals surface area contributed by atoms with E-state index in [0.717, 1.165) is 6.07 Å². The van der Waals surface area contributed by atoms with Crippen LogP contribution >= 0.6 is 0 Å². The summed E-state index contributed by atoms with van der Waals surface area (Å²) in [6.45, 7) is 3.45. The summed E-state index contributed by atoms with van der Waals surface area (Å²) in [5, 5.41) is 9.99. The van der Waals surface area contributed by atoms with Crippen molar-refractivity contribution in [1.82, 2.24) is 4.72 Å². The predicted molar refractivity (Wildman–Crippen MR) is 99.7 cm³/mol. The lowest BCUT2D eigenvalue weighted by Crippen LogP contribution is -2.42. The van der Waals surface area contributed by atoms with Crippen LogP contribution in [0.25, 0.3) is 11.1 Å². The number of nitrogens with one attached hydrogen (secondary N) is 1. The molecular weight excluding hydrogens is 372 g/mol. The summed E-state index contributed by atoms with van der Waals surface area (Å²) < 4.78 is 55.2. The minimum Gasteiger partial charge on any atom is -0.390 e. The van der Waals surface area contributed by atoms with Crippen LogP contribution in [0.15, 0.2) is 41.3 Å². The Hall–Kier alpha value is -1.83. The van der Waals surface area contributed by atoms with E-state index in [1.165, 1.54) is 30.3 Å². The van der Waals surface area contributed by atoms with E-state index in [0.29, 0.717) is 36.8 Å². The topological polar surface area (TPSA) is 66.4 Å². The van der Waals surface area contributed by atoms with Crippen LogP contribution < -0.4 is 4.72 Å². The normalized spacial score (nSPS) is 23.4. The van der Waals surface area contributed by atoms with Crippen LogP contribution in [-0.2, 0) is 10.0 Å². The van der Waals surface area contributed by atoms with Crippen molar-refractivity contribution in [3.05, 3.63) is 53.6 Å². The van der Waals surface area contributed by atoms with Crippen LogP contribution in [0.4, 0.5) is 8.78 Å². The minimum atomic E-state index is -3.72. The largest absolute Gasteiger partial charge is 0.390 e. The Bertz CT molecular complexity index is 948. The fraction of sp³-hybridized carbons (Fsp3) is 0.400. The maximum Gasteiger partial charge on any atom is 0.240 e. The summed E-state index contributed by atoms with van der Waals surface area (Å²) in [6, 6.07) is 7.54. The second-order valence-electron chi connectivity index (χ2n) is 7.49. The maximum absolute atomic E-state index is 14.0. The Balaban J connectivity index is 1.82. The van der Waals surface area contributed by atoms with Crippen LogP contribution in [0.3, 0.4) is 0 Å². The molecule has 2 aromatic carbocycles. The zero-order chi connectivity index (χ0) is 19.8. The number of hydrogen-bond acceptors (Lipinski definition) is 3. The molecule has 0 aliphatic heterocycles. The van der Waals surface area contributed by atoms with Crippen molar-refractivity contribution in [2.45, 2.75) is 56.1 Å². The third-order valence-electron chi connectivity index (χ3n) is 5.11. The van der Waals surface area contributed by atoms with Gasteiger partial charge in [0.1, 0.15) is 11.6 Å². The van der Waals surface area contributed by atoms with E-state index < -0.39 is 27.3 Å². The SMILES string of the molecule is Cc1cc(S(=O)(=O)N[C@H]2CC[C@@](C)(O)CC2)ccc1-c1ccc(F)cc1F. The predicted octanol–water partition coefficient (Wildman–Crippen LogP) is 3.91. The summed E-state index contributed by atoms with van der Waals surface area (Å²) in [5.74, 6) is -1.36. The molecule has 0 radical (unpaired) electrons. The lowest BCUT2D eigenvalue weighted by molar-refractivity contribution is 0.0163.